The van der Waals surface area contributed by atoms with E-state index in [9.17, 15) is 19.5 Å². The Bertz CT molecular complexity index is 673. The van der Waals surface area contributed by atoms with Crippen molar-refractivity contribution in [3.63, 3.8) is 0 Å². The molecule has 2 amide bonds. The fraction of sp³-hybridized carbons (Fsp3) is 0.500. The van der Waals surface area contributed by atoms with E-state index in [1.54, 1.807) is 4.90 Å². The lowest BCUT2D eigenvalue weighted by Gasteiger charge is -2.21. The fourth-order valence-electron chi connectivity index (χ4n) is 2.93. The summed E-state index contributed by atoms with van der Waals surface area (Å²) in [5, 5.41) is 11.7. The quantitative estimate of drug-likeness (QED) is 0.773. The number of nitrogens with one attached hydrogen (secondary N) is 1. The molecule has 0 spiro atoms. The van der Waals surface area contributed by atoms with E-state index in [0.717, 1.165) is 16.8 Å². The number of hydrogen-bond donors (Lipinski definition) is 2. The number of carboxylic acids is 1. The lowest BCUT2D eigenvalue weighted by Crippen LogP contribution is -2.44. The number of benzene rings is 1. The van der Waals surface area contributed by atoms with Crippen LogP contribution < -0.4 is 10.2 Å². The molecule has 136 valence electrons. The van der Waals surface area contributed by atoms with Gasteiger partial charge in [0.1, 0.15) is 6.04 Å². The molecule has 0 aromatic heterocycles. The van der Waals surface area contributed by atoms with Gasteiger partial charge in [-0.3, -0.25) is 9.59 Å². The van der Waals surface area contributed by atoms with Gasteiger partial charge in [-0.25, -0.2) is 4.79 Å². The number of aryl methyl sites for hydroxylation is 1. The van der Waals surface area contributed by atoms with E-state index in [0.29, 0.717) is 0 Å². The molecule has 1 aromatic rings. The summed E-state index contributed by atoms with van der Waals surface area (Å²) in [6, 6.07) is 4.69. The average molecular weight is 348 g/mol. The third-order valence-electron chi connectivity index (χ3n) is 4.59. The minimum Gasteiger partial charge on any atom is -0.480 e. The van der Waals surface area contributed by atoms with Crippen LogP contribution in [0, 0.1) is 19.8 Å². The molecule has 7 heteroatoms. The molecule has 1 aliphatic rings. The zero-order valence-electron chi connectivity index (χ0n) is 14.7. The first kappa shape index (κ1) is 18.9. The van der Waals surface area contributed by atoms with Crippen molar-refractivity contribution in [1.82, 2.24) is 5.32 Å². The van der Waals surface area contributed by atoms with Crippen LogP contribution in [-0.4, -0.2) is 49.2 Å². The molecular formula is C18H24N2O5. The number of hydrogen-bond acceptors (Lipinski definition) is 4. The van der Waals surface area contributed by atoms with Crippen LogP contribution in [0.5, 0.6) is 0 Å². The monoisotopic (exact) mass is 348 g/mol. The molecule has 0 radical (unpaired) electrons. The van der Waals surface area contributed by atoms with Gasteiger partial charge in [0, 0.05) is 38.8 Å². The Labute approximate surface area is 147 Å². The molecule has 0 saturated carbocycles. The van der Waals surface area contributed by atoms with E-state index in [1.807, 2.05) is 32.0 Å². The summed E-state index contributed by atoms with van der Waals surface area (Å²) >= 11 is 0. The van der Waals surface area contributed by atoms with Crippen molar-refractivity contribution < 1.29 is 24.2 Å². The smallest absolute Gasteiger partial charge is 0.326 e. The van der Waals surface area contributed by atoms with E-state index in [1.165, 1.54) is 7.11 Å². The Morgan fingerprint density at radius 1 is 1.40 bits per heavy atom. The molecule has 1 aliphatic heterocycles. The summed E-state index contributed by atoms with van der Waals surface area (Å²) in [5.74, 6) is -2.21. The molecule has 25 heavy (non-hydrogen) atoms. The second-order valence-electron chi connectivity index (χ2n) is 6.31. The minimum atomic E-state index is -1.11. The Morgan fingerprint density at radius 3 is 2.76 bits per heavy atom. The molecule has 2 atom stereocenters. The Balaban J connectivity index is 2.07. The van der Waals surface area contributed by atoms with Gasteiger partial charge in [0.15, 0.2) is 0 Å². The van der Waals surface area contributed by atoms with Crippen LogP contribution in [-0.2, 0) is 19.1 Å². The average Bonchev–Trinajstić information content (AvgIpc) is 2.95. The highest BCUT2D eigenvalue weighted by atomic mass is 16.5. The maximum atomic E-state index is 12.4. The largest absolute Gasteiger partial charge is 0.480 e. The number of aliphatic carboxylic acids is 1. The summed E-state index contributed by atoms with van der Waals surface area (Å²) in [4.78, 5) is 37.6. The molecule has 2 N–H and O–H groups in total. The summed E-state index contributed by atoms with van der Waals surface area (Å²) in [6.45, 7) is 4.40. The van der Waals surface area contributed by atoms with Gasteiger partial charge in [-0.05, 0) is 31.0 Å². The van der Waals surface area contributed by atoms with Gasteiger partial charge < -0.3 is 20.1 Å². The van der Waals surface area contributed by atoms with Gasteiger partial charge >= 0.3 is 5.97 Å². The second-order valence-corrected chi connectivity index (χ2v) is 6.31. The topological polar surface area (TPSA) is 95.9 Å². The first-order valence-corrected chi connectivity index (χ1v) is 8.23. The van der Waals surface area contributed by atoms with Crippen LogP contribution in [0.25, 0.3) is 0 Å². The number of ether oxygens (including phenoxy) is 1. The van der Waals surface area contributed by atoms with Gasteiger partial charge in [0.05, 0.1) is 5.92 Å². The van der Waals surface area contributed by atoms with Crippen LogP contribution in [0.1, 0.15) is 24.0 Å². The predicted octanol–water partition coefficient (Wildman–Crippen LogP) is 1.26. The summed E-state index contributed by atoms with van der Waals surface area (Å²) < 4.78 is 4.87. The molecule has 1 aromatic carbocycles. The molecule has 1 fully saturated rings. The van der Waals surface area contributed by atoms with Crippen LogP contribution in [0.3, 0.4) is 0 Å². The van der Waals surface area contributed by atoms with Gasteiger partial charge in [-0.15, -0.1) is 0 Å². The number of anilines is 1. The third kappa shape index (κ3) is 4.36. The number of carboxylic acid groups (broad SMARTS) is 1. The van der Waals surface area contributed by atoms with Crippen LogP contribution in [0.15, 0.2) is 18.2 Å². The lowest BCUT2D eigenvalue weighted by molar-refractivity contribution is -0.142. The number of carbonyl (C=O) groups is 3. The van der Waals surface area contributed by atoms with Crippen LogP contribution in [0.4, 0.5) is 5.69 Å². The Hall–Kier alpha value is -2.41. The van der Waals surface area contributed by atoms with Gasteiger partial charge in [-0.1, -0.05) is 12.1 Å². The van der Waals surface area contributed by atoms with Gasteiger partial charge in [-0.2, -0.15) is 0 Å². The van der Waals surface area contributed by atoms with Crippen molar-refractivity contribution in [3.05, 3.63) is 29.3 Å². The maximum Gasteiger partial charge on any atom is 0.326 e. The van der Waals surface area contributed by atoms with Gasteiger partial charge in [0.25, 0.3) is 0 Å². The van der Waals surface area contributed by atoms with Crippen molar-refractivity contribution in [1.29, 1.82) is 0 Å². The van der Waals surface area contributed by atoms with E-state index in [4.69, 9.17) is 4.74 Å². The number of rotatable bonds is 7. The normalized spacial score (nSPS) is 18.3. The molecule has 0 aliphatic carbocycles. The molecule has 0 bridgehead atoms. The van der Waals surface area contributed by atoms with Gasteiger partial charge in [0.2, 0.25) is 11.8 Å². The second kappa shape index (κ2) is 8.11. The molecule has 1 heterocycles. The van der Waals surface area contributed by atoms with Crippen molar-refractivity contribution in [2.45, 2.75) is 32.7 Å². The van der Waals surface area contributed by atoms with E-state index in [-0.39, 0.29) is 31.9 Å². The number of carbonyl (C=O) groups excluding carboxylic acids is 2. The minimum absolute atomic E-state index is 0.0792. The van der Waals surface area contributed by atoms with Crippen molar-refractivity contribution >= 4 is 23.5 Å². The van der Waals surface area contributed by atoms with Crippen molar-refractivity contribution in [2.75, 3.05) is 25.2 Å². The number of methoxy groups -OCH3 is 1. The summed E-state index contributed by atoms with van der Waals surface area (Å²) in [7, 11) is 1.47. The number of nitrogens with zero attached hydrogens (tertiary/aromatic N) is 1. The zero-order valence-corrected chi connectivity index (χ0v) is 14.7. The molecule has 1 saturated heterocycles. The van der Waals surface area contributed by atoms with E-state index < -0.39 is 23.8 Å². The Kier molecular flexibility index (Phi) is 6.14. The van der Waals surface area contributed by atoms with Crippen molar-refractivity contribution in [2.24, 2.45) is 5.92 Å². The summed E-state index contributed by atoms with van der Waals surface area (Å²) in [5.41, 5.74) is 2.87. The highest BCUT2D eigenvalue weighted by molar-refractivity contribution is 6.01. The van der Waals surface area contributed by atoms with Crippen LogP contribution >= 0.6 is 0 Å². The highest BCUT2D eigenvalue weighted by Gasteiger charge is 2.37. The first-order valence-electron chi connectivity index (χ1n) is 8.23. The molecule has 2 rings (SSSR count). The maximum absolute atomic E-state index is 12.4. The standard InChI is InChI=1S/C18H24N2O5/c1-11-5-4-6-15(12(11)2)20-10-13(9-16(20)21)17(22)19-14(18(23)24)7-8-25-3/h4-6,13-14H,7-10H2,1-3H3,(H,19,22)(H,23,24). The first-order chi connectivity index (χ1) is 11.8. The van der Waals surface area contributed by atoms with E-state index in [2.05, 4.69) is 5.32 Å². The lowest BCUT2D eigenvalue weighted by atomic mass is 10.1. The Morgan fingerprint density at radius 2 is 2.12 bits per heavy atom. The third-order valence-corrected chi connectivity index (χ3v) is 4.59. The van der Waals surface area contributed by atoms with Crippen LogP contribution in [0.2, 0.25) is 0 Å². The fourth-order valence-corrected chi connectivity index (χ4v) is 2.93. The summed E-state index contributed by atoms with van der Waals surface area (Å²) in [6.07, 6.45) is 0.259. The van der Waals surface area contributed by atoms with E-state index >= 15 is 0 Å². The zero-order chi connectivity index (χ0) is 18.6. The predicted molar refractivity (Wildman–Crippen MR) is 92.4 cm³/mol. The highest BCUT2D eigenvalue weighted by Crippen LogP contribution is 2.29. The number of amides is 2. The molecule has 2 unspecified atom stereocenters. The molecule has 7 nitrogen and oxygen atoms in total. The van der Waals surface area contributed by atoms with Crippen molar-refractivity contribution in [3.8, 4) is 0 Å². The molecular weight excluding hydrogens is 324 g/mol. The SMILES string of the molecule is COCCC(NC(=O)C1CC(=O)N(c2cccc(C)c2C)C1)C(=O)O.